The Morgan fingerprint density at radius 3 is 2.72 bits per heavy atom. The van der Waals surface area contributed by atoms with Gasteiger partial charge in [-0.15, -0.1) is 11.3 Å². The number of thiophene rings is 1. The van der Waals surface area contributed by atoms with Gasteiger partial charge in [-0.1, -0.05) is 13.3 Å². The second-order valence-corrected chi connectivity index (χ2v) is 7.03. The van der Waals surface area contributed by atoms with Crippen LogP contribution >= 0.6 is 43.2 Å². The van der Waals surface area contributed by atoms with E-state index in [4.69, 9.17) is 4.74 Å². The summed E-state index contributed by atoms with van der Waals surface area (Å²) in [6, 6.07) is 1.82. The standard InChI is InChI=1S/C12H17Br2NO2S/c1-2-3-6-17-7-4-5-15-12(16)10-8-9(13)11(14)18-10/h8H,2-7H2,1H3,(H,15,16). The molecule has 6 heteroatoms. The molecule has 0 aromatic carbocycles. The lowest BCUT2D eigenvalue weighted by Crippen LogP contribution is -2.24. The van der Waals surface area contributed by atoms with Gasteiger partial charge in [0.1, 0.15) is 0 Å². The average molecular weight is 399 g/mol. The normalized spacial score (nSPS) is 10.6. The van der Waals surface area contributed by atoms with Crippen LogP contribution in [0.1, 0.15) is 35.9 Å². The quantitative estimate of drug-likeness (QED) is 0.666. The van der Waals surface area contributed by atoms with Gasteiger partial charge in [0.25, 0.3) is 5.91 Å². The first kappa shape index (κ1) is 16.1. The number of rotatable bonds is 8. The zero-order valence-electron chi connectivity index (χ0n) is 10.3. The zero-order chi connectivity index (χ0) is 13.4. The third-order valence-electron chi connectivity index (χ3n) is 2.26. The van der Waals surface area contributed by atoms with Crippen molar-refractivity contribution in [1.29, 1.82) is 0 Å². The van der Waals surface area contributed by atoms with Gasteiger partial charge in [0.05, 0.1) is 8.66 Å². The Balaban J connectivity index is 2.14. The van der Waals surface area contributed by atoms with E-state index in [0.717, 1.165) is 34.1 Å². The highest BCUT2D eigenvalue weighted by molar-refractivity contribution is 9.13. The minimum Gasteiger partial charge on any atom is -0.381 e. The smallest absolute Gasteiger partial charge is 0.261 e. The van der Waals surface area contributed by atoms with Crippen LogP contribution in [-0.4, -0.2) is 25.7 Å². The Hall–Kier alpha value is 0.0900. The largest absolute Gasteiger partial charge is 0.381 e. The van der Waals surface area contributed by atoms with Crippen LogP contribution in [0.3, 0.4) is 0 Å². The summed E-state index contributed by atoms with van der Waals surface area (Å²) in [7, 11) is 0. The Morgan fingerprint density at radius 2 is 2.11 bits per heavy atom. The SMILES string of the molecule is CCCCOCCCNC(=O)c1cc(Br)c(Br)s1. The van der Waals surface area contributed by atoms with Crippen molar-refractivity contribution in [3.05, 3.63) is 19.2 Å². The molecule has 1 N–H and O–H groups in total. The highest BCUT2D eigenvalue weighted by atomic mass is 79.9. The predicted molar refractivity (Wildman–Crippen MR) is 82.4 cm³/mol. The van der Waals surface area contributed by atoms with E-state index in [1.807, 2.05) is 6.07 Å². The molecule has 3 nitrogen and oxygen atoms in total. The first-order valence-electron chi connectivity index (χ1n) is 5.96. The number of hydrogen-bond acceptors (Lipinski definition) is 3. The number of amides is 1. The van der Waals surface area contributed by atoms with Gasteiger partial charge in [-0.3, -0.25) is 4.79 Å². The summed E-state index contributed by atoms with van der Waals surface area (Å²) in [5.41, 5.74) is 0. The lowest BCUT2D eigenvalue weighted by Gasteiger charge is -2.04. The molecule has 102 valence electrons. The van der Waals surface area contributed by atoms with E-state index in [9.17, 15) is 4.79 Å². The van der Waals surface area contributed by atoms with Crippen LogP contribution in [0.2, 0.25) is 0 Å². The maximum Gasteiger partial charge on any atom is 0.261 e. The van der Waals surface area contributed by atoms with Gasteiger partial charge in [-0.2, -0.15) is 0 Å². The van der Waals surface area contributed by atoms with Crippen LogP contribution in [0.4, 0.5) is 0 Å². The van der Waals surface area contributed by atoms with E-state index in [-0.39, 0.29) is 5.91 Å². The first-order valence-corrected chi connectivity index (χ1v) is 8.36. The molecule has 0 fully saturated rings. The molecule has 1 aromatic rings. The van der Waals surface area contributed by atoms with Crippen molar-refractivity contribution >= 4 is 49.1 Å². The molecule has 0 aliphatic rings. The molecule has 1 aromatic heterocycles. The molecule has 0 unspecified atom stereocenters. The number of unbranched alkanes of at least 4 members (excludes halogenated alkanes) is 1. The van der Waals surface area contributed by atoms with Crippen molar-refractivity contribution in [2.45, 2.75) is 26.2 Å². The van der Waals surface area contributed by atoms with E-state index in [1.165, 1.54) is 11.3 Å². The third-order valence-corrected chi connectivity index (χ3v) is 5.52. The first-order chi connectivity index (χ1) is 8.65. The fourth-order valence-electron chi connectivity index (χ4n) is 1.27. The van der Waals surface area contributed by atoms with Crippen molar-refractivity contribution in [2.75, 3.05) is 19.8 Å². The lowest BCUT2D eigenvalue weighted by molar-refractivity contribution is 0.0944. The molecule has 0 saturated carbocycles. The summed E-state index contributed by atoms with van der Waals surface area (Å²) in [6.45, 7) is 4.31. The summed E-state index contributed by atoms with van der Waals surface area (Å²) in [5, 5.41) is 2.88. The summed E-state index contributed by atoms with van der Waals surface area (Å²) < 4.78 is 7.28. The van der Waals surface area contributed by atoms with Gasteiger partial charge in [-0.05, 0) is 50.8 Å². The minimum atomic E-state index is -0.0278. The highest BCUT2D eigenvalue weighted by Gasteiger charge is 2.10. The van der Waals surface area contributed by atoms with E-state index in [2.05, 4.69) is 44.1 Å². The number of nitrogens with one attached hydrogen (secondary N) is 1. The fourth-order valence-corrected chi connectivity index (χ4v) is 3.22. The minimum absolute atomic E-state index is 0.0278. The zero-order valence-corrected chi connectivity index (χ0v) is 14.3. The van der Waals surface area contributed by atoms with Crippen LogP contribution in [0.25, 0.3) is 0 Å². The molecule has 0 saturated heterocycles. The van der Waals surface area contributed by atoms with Crippen molar-refractivity contribution in [1.82, 2.24) is 5.32 Å². The van der Waals surface area contributed by atoms with Gasteiger partial charge < -0.3 is 10.1 Å². The molecule has 1 rings (SSSR count). The molecule has 1 amide bonds. The monoisotopic (exact) mass is 397 g/mol. The summed E-state index contributed by atoms with van der Waals surface area (Å²) in [6.07, 6.45) is 3.10. The summed E-state index contributed by atoms with van der Waals surface area (Å²) in [4.78, 5) is 12.5. The van der Waals surface area contributed by atoms with E-state index >= 15 is 0 Å². The third kappa shape index (κ3) is 5.82. The molecule has 18 heavy (non-hydrogen) atoms. The number of ether oxygens (including phenoxy) is 1. The number of halogens is 2. The van der Waals surface area contributed by atoms with Crippen LogP contribution in [-0.2, 0) is 4.74 Å². The Labute approximate surface area is 129 Å². The van der Waals surface area contributed by atoms with Gasteiger partial charge in [0, 0.05) is 24.2 Å². The topological polar surface area (TPSA) is 38.3 Å². The molecule has 0 aliphatic heterocycles. The van der Waals surface area contributed by atoms with Crippen LogP contribution in [0.5, 0.6) is 0 Å². The van der Waals surface area contributed by atoms with Crippen molar-refractivity contribution in [3.8, 4) is 0 Å². The van der Waals surface area contributed by atoms with E-state index in [0.29, 0.717) is 18.0 Å². The van der Waals surface area contributed by atoms with Crippen molar-refractivity contribution in [3.63, 3.8) is 0 Å². The molecular formula is C12H17Br2NO2S. The maximum absolute atomic E-state index is 11.8. The van der Waals surface area contributed by atoms with Crippen LogP contribution < -0.4 is 5.32 Å². The van der Waals surface area contributed by atoms with Gasteiger partial charge >= 0.3 is 0 Å². The molecular weight excluding hydrogens is 382 g/mol. The average Bonchev–Trinajstić information content (AvgIpc) is 2.68. The number of carbonyl (C=O) groups is 1. The van der Waals surface area contributed by atoms with Gasteiger partial charge in [-0.25, -0.2) is 0 Å². The Morgan fingerprint density at radius 1 is 1.39 bits per heavy atom. The Kier molecular flexibility index (Phi) is 8.13. The van der Waals surface area contributed by atoms with Gasteiger partial charge in [0.15, 0.2) is 0 Å². The van der Waals surface area contributed by atoms with E-state index < -0.39 is 0 Å². The predicted octanol–water partition coefficient (Wildman–Crippen LogP) is 4.21. The number of carbonyl (C=O) groups excluding carboxylic acids is 1. The van der Waals surface area contributed by atoms with Gasteiger partial charge in [0.2, 0.25) is 0 Å². The van der Waals surface area contributed by atoms with Crippen molar-refractivity contribution < 1.29 is 9.53 Å². The summed E-state index contributed by atoms with van der Waals surface area (Å²) >= 11 is 8.16. The molecule has 0 spiro atoms. The second kappa shape index (κ2) is 9.07. The second-order valence-electron chi connectivity index (χ2n) is 3.81. The fraction of sp³-hybridized carbons (Fsp3) is 0.583. The lowest BCUT2D eigenvalue weighted by atomic mass is 10.3. The highest BCUT2D eigenvalue weighted by Crippen LogP contribution is 2.32. The molecule has 0 bridgehead atoms. The molecule has 1 heterocycles. The van der Waals surface area contributed by atoms with Crippen LogP contribution in [0, 0.1) is 0 Å². The maximum atomic E-state index is 11.8. The molecule has 0 aliphatic carbocycles. The van der Waals surface area contributed by atoms with E-state index in [1.54, 1.807) is 0 Å². The summed E-state index contributed by atoms with van der Waals surface area (Å²) in [5.74, 6) is -0.0278. The van der Waals surface area contributed by atoms with Crippen molar-refractivity contribution in [2.24, 2.45) is 0 Å². The molecule has 0 atom stereocenters. The van der Waals surface area contributed by atoms with Crippen LogP contribution in [0.15, 0.2) is 14.3 Å². The Bertz CT molecular complexity index is 363. The molecule has 0 radical (unpaired) electrons. The number of hydrogen-bond donors (Lipinski definition) is 1.